The van der Waals surface area contributed by atoms with Gasteiger partial charge in [0.1, 0.15) is 5.75 Å². The summed E-state index contributed by atoms with van der Waals surface area (Å²) in [7, 11) is 0. The number of phenolic OH excluding ortho intramolecular Hbond substituents is 1. The van der Waals surface area contributed by atoms with Crippen LogP contribution in [0.15, 0.2) is 6.07 Å². The maximum atomic E-state index is 13.2. The van der Waals surface area contributed by atoms with Crippen molar-refractivity contribution in [3.8, 4) is 5.75 Å². The maximum Gasteiger partial charge on any atom is 0.338 e. The van der Waals surface area contributed by atoms with E-state index in [9.17, 15) is 9.90 Å². The molecule has 0 spiro atoms. The first kappa shape index (κ1) is 36.5. The zero-order chi connectivity index (χ0) is 29.3. The zero-order valence-corrected chi connectivity index (χ0v) is 27.2. The lowest BCUT2D eigenvalue weighted by Gasteiger charge is -2.19. The van der Waals surface area contributed by atoms with Gasteiger partial charge in [0.25, 0.3) is 0 Å². The Bertz CT molecular complexity index is 754. The second kappa shape index (κ2) is 25.2. The third-order valence-electron chi connectivity index (χ3n) is 8.41. The number of carbonyl (C=O) groups is 1. The van der Waals surface area contributed by atoms with Gasteiger partial charge in [-0.05, 0) is 67.7 Å². The normalized spacial score (nSPS) is 11.3. The van der Waals surface area contributed by atoms with Crippen molar-refractivity contribution in [3.05, 3.63) is 28.3 Å². The van der Waals surface area contributed by atoms with Crippen molar-refractivity contribution in [2.75, 3.05) is 6.61 Å². The number of esters is 1. The van der Waals surface area contributed by atoms with Crippen LogP contribution in [-0.2, 0) is 24.0 Å². The lowest BCUT2D eigenvalue weighted by molar-refractivity contribution is 0.0496. The molecule has 0 atom stereocenters. The van der Waals surface area contributed by atoms with Crippen LogP contribution in [0.5, 0.6) is 5.75 Å². The molecule has 0 saturated carbocycles. The maximum absolute atomic E-state index is 13.2. The van der Waals surface area contributed by atoms with Gasteiger partial charge in [0, 0.05) is 0 Å². The second-order valence-corrected chi connectivity index (χ2v) is 12.1. The molecule has 3 heteroatoms. The van der Waals surface area contributed by atoms with Crippen LogP contribution in [0.4, 0.5) is 0 Å². The molecule has 40 heavy (non-hydrogen) atoms. The SMILES string of the molecule is CCCCCCCCCCCCCCCCCCOC(=O)c1cc(CCCC)c(O)c(CCCC)c1CCCC. The van der Waals surface area contributed by atoms with Crippen molar-refractivity contribution in [2.24, 2.45) is 0 Å². The van der Waals surface area contributed by atoms with Gasteiger partial charge in [0.05, 0.1) is 12.2 Å². The lowest BCUT2D eigenvalue weighted by atomic mass is 9.88. The zero-order valence-electron chi connectivity index (χ0n) is 27.2. The Balaban J connectivity index is 2.38. The summed E-state index contributed by atoms with van der Waals surface area (Å²) >= 11 is 0. The van der Waals surface area contributed by atoms with E-state index in [1.165, 1.54) is 89.9 Å². The van der Waals surface area contributed by atoms with Crippen molar-refractivity contribution >= 4 is 5.97 Å². The van der Waals surface area contributed by atoms with Crippen LogP contribution in [0.1, 0.15) is 196 Å². The summed E-state index contributed by atoms with van der Waals surface area (Å²) in [5, 5.41) is 11.1. The highest BCUT2D eigenvalue weighted by Crippen LogP contribution is 2.33. The largest absolute Gasteiger partial charge is 0.507 e. The third kappa shape index (κ3) is 16.1. The summed E-state index contributed by atoms with van der Waals surface area (Å²) < 4.78 is 5.81. The molecule has 0 amide bonds. The number of benzene rings is 1. The van der Waals surface area contributed by atoms with E-state index in [2.05, 4.69) is 27.7 Å². The number of aromatic hydroxyl groups is 1. The summed E-state index contributed by atoms with van der Waals surface area (Å²) in [5.41, 5.74) is 3.66. The monoisotopic (exact) mass is 559 g/mol. The molecule has 0 aliphatic heterocycles. The second-order valence-electron chi connectivity index (χ2n) is 12.1. The molecule has 0 bridgehead atoms. The van der Waals surface area contributed by atoms with Gasteiger partial charge in [-0.3, -0.25) is 0 Å². The highest BCUT2D eigenvalue weighted by molar-refractivity contribution is 5.92. The van der Waals surface area contributed by atoms with Crippen molar-refractivity contribution in [1.29, 1.82) is 0 Å². The predicted octanol–water partition coefficient (Wildman–Crippen LogP) is 11.8. The number of unbranched alkanes of at least 4 members (excludes halogenated alkanes) is 18. The molecular weight excluding hydrogens is 492 g/mol. The first-order valence-corrected chi connectivity index (χ1v) is 17.6. The highest BCUT2D eigenvalue weighted by atomic mass is 16.5. The van der Waals surface area contributed by atoms with Crippen LogP contribution in [0.25, 0.3) is 0 Å². The number of ether oxygens (including phenoxy) is 1. The number of phenols is 1. The van der Waals surface area contributed by atoms with E-state index in [0.29, 0.717) is 17.9 Å². The molecule has 232 valence electrons. The molecule has 0 aliphatic rings. The minimum absolute atomic E-state index is 0.192. The fourth-order valence-electron chi connectivity index (χ4n) is 5.72. The summed E-state index contributed by atoms with van der Waals surface area (Å²) in [5.74, 6) is 0.241. The van der Waals surface area contributed by atoms with E-state index < -0.39 is 0 Å². The molecule has 1 rings (SSSR count). The quantitative estimate of drug-likeness (QED) is 0.0862. The summed E-state index contributed by atoms with van der Waals surface area (Å²) in [6, 6.07) is 1.95. The van der Waals surface area contributed by atoms with Gasteiger partial charge >= 0.3 is 5.97 Å². The van der Waals surface area contributed by atoms with Crippen molar-refractivity contribution < 1.29 is 14.6 Å². The Morgan fingerprint density at radius 3 is 1.43 bits per heavy atom. The Hall–Kier alpha value is -1.51. The smallest absolute Gasteiger partial charge is 0.338 e. The van der Waals surface area contributed by atoms with E-state index in [1.54, 1.807) is 0 Å². The fraction of sp³-hybridized carbons (Fsp3) is 0.811. The van der Waals surface area contributed by atoms with Gasteiger partial charge < -0.3 is 9.84 Å². The van der Waals surface area contributed by atoms with E-state index >= 15 is 0 Å². The minimum Gasteiger partial charge on any atom is -0.507 e. The number of aryl methyl sites for hydroxylation is 1. The van der Waals surface area contributed by atoms with Crippen LogP contribution >= 0.6 is 0 Å². The first-order valence-electron chi connectivity index (χ1n) is 17.6. The Labute approximate surface area is 249 Å². The lowest BCUT2D eigenvalue weighted by Crippen LogP contribution is -2.13. The highest BCUT2D eigenvalue weighted by Gasteiger charge is 2.22. The van der Waals surface area contributed by atoms with Crippen LogP contribution < -0.4 is 0 Å². The topological polar surface area (TPSA) is 46.5 Å². The van der Waals surface area contributed by atoms with Gasteiger partial charge in [-0.25, -0.2) is 4.79 Å². The number of hydrogen-bond acceptors (Lipinski definition) is 3. The van der Waals surface area contributed by atoms with Gasteiger partial charge in [-0.2, -0.15) is 0 Å². The number of rotatable bonds is 27. The van der Waals surface area contributed by atoms with Crippen LogP contribution in [0.2, 0.25) is 0 Å². The molecule has 0 heterocycles. The van der Waals surface area contributed by atoms with Crippen molar-refractivity contribution in [2.45, 2.75) is 188 Å². The van der Waals surface area contributed by atoms with E-state index in [-0.39, 0.29) is 5.97 Å². The third-order valence-corrected chi connectivity index (χ3v) is 8.41. The molecule has 1 N–H and O–H groups in total. The van der Waals surface area contributed by atoms with Crippen LogP contribution in [0.3, 0.4) is 0 Å². The van der Waals surface area contributed by atoms with E-state index in [1.807, 2.05) is 6.07 Å². The van der Waals surface area contributed by atoms with Gasteiger partial charge in [0.2, 0.25) is 0 Å². The van der Waals surface area contributed by atoms with Crippen LogP contribution in [0, 0.1) is 0 Å². The van der Waals surface area contributed by atoms with Crippen molar-refractivity contribution in [1.82, 2.24) is 0 Å². The number of carbonyl (C=O) groups excluding carboxylic acids is 1. The molecule has 3 nitrogen and oxygen atoms in total. The van der Waals surface area contributed by atoms with Gasteiger partial charge in [-0.15, -0.1) is 0 Å². The summed E-state index contributed by atoms with van der Waals surface area (Å²) in [6.07, 6.45) is 30.2. The van der Waals surface area contributed by atoms with E-state index in [0.717, 1.165) is 87.3 Å². The molecule has 1 aromatic carbocycles. The molecule has 1 aromatic rings. The molecule has 0 aromatic heterocycles. The predicted molar refractivity (Wildman–Crippen MR) is 174 cm³/mol. The molecular formula is C37H66O3. The number of hydrogen-bond donors (Lipinski definition) is 1. The summed E-state index contributed by atoms with van der Waals surface area (Å²) in [4.78, 5) is 13.2. The first-order chi connectivity index (χ1) is 19.6. The fourth-order valence-corrected chi connectivity index (χ4v) is 5.72. The van der Waals surface area contributed by atoms with Gasteiger partial charge in [0.15, 0.2) is 0 Å². The average Bonchev–Trinajstić information content (AvgIpc) is 2.96. The average molecular weight is 559 g/mol. The summed E-state index contributed by atoms with van der Waals surface area (Å²) in [6.45, 7) is 9.30. The molecule has 0 radical (unpaired) electrons. The standard InChI is InChI=1S/C37H66O3/c1-5-9-13-14-15-16-17-18-19-20-21-22-23-24-25-26-30-40-37(39)35-31-32(27-10-6-2)36(38)34(29-12-8-4)33(35)28-11-7-3/h31,38H,5-30H2,1-4H3. The van der Waals surface area contributed by atoms with Crippen molar-refractivity contribution in [3.63, 3.8) is 0 Å². The Kier molecular flexibility index (Phi) is 23.0. The molecule has 0 unspecified atom stereocenters. The molecule has 0 fully saturated rings. The van der Waals surface area contributed by atoms with Gasteiger partial charge in [-0.1, -0.05) is 143 Å². The van der Waals surface area contributed by atoms with E-state index in [4.69, 9.17) is 4.74 Å². The molecule has 0 aliphatic carbocycles. The molecule has 0 saturated heterocycles. The van der Waals surface area contributed by atoms with Crippen LogP contribution in [-0.4, -0.2) is 17.7 Å². The Morgan fingerprint density at radius 2 is 0.950 bits per heavy atom. The minimum atomic E-state index is -0.192. The Morgan fingerprint density at radius 1 is 0.550 bits per heavy atom.